The number of nitrogens with zero attached hydrogens (tertiary/aromatic N) is 1. The fraction of sp³-hybridized carbons (Fsp3) is 0.375. The Balaban J connectivity index is 2.59. The highest BCUT2D eigenvalue weighted by atomic mass is 16.5. The van der Waals surface area contributed by atoms with Crippen LogP contribution < -0.4 is 5.46 Å². The van der Waals surface area contributed by atoms with Crippen molar-refractivity contribution in [2.24, 2.45) is 0 Å². The fourth-order valence-electron chi connectivity index (χ4n) is 0.864. The summed E-state index contributed by atoms with van der Waals surface area (Å²) in [5.74, 6) is 0. The molecule has 0 saturated heterocycles. The molecule has 0 aliphatic carbocycles. The topological polar surface area (TPSA) is 42.4 Å². The molecule has 1 heterocycles. The van der Waals surface area contributed by atoms with Crippen LogP contribution in [0.2, 0.25) is 0 Å². The Labute approximate surface area is 72.5 Å². The van der Waals surface area contributed by atoms with Crippen molar-refractivity contribution in [2.75, 3.05) is 0 Å². The van der Waals surface area contributed by atoms with Crippen molar-refractivity contribution >= 4 is 12.6 Å². The van der Waals surface area contributed by atoms with Crippen molar-refractivity contribution in [2.45, 2.75) is 20.0 Å². The van der Waals surface area contributed by atoms with Crippen LogP contribution in [0.5, 0.6) is 0 Å². The standard InChI is InChI=1S/C8H12BNO2/c1-7(2)12-9(11)8-3-5-10-6-4-8/h3-7,11H,1-2H3. The SMILES string of the molecule is CC(C)OB(O)c1ccncc1. The van der Waals surface area contributed by atoms with E-state index in [9.17, 15) is 5.02 Å². The summed E-state index contributed by atoms with van der Waals surface area (Å²) < 4.78 is 5.16. The second-order valence-electron chi connectivity index (χ2n) is 2.82. The van der Waals surface area contributed by atoms with Crippen LogP contribution in [-0.2, 0) is 4.65 Å². The molecule has 0 atom stereocenters. The van der Waals surface area contributed by atoms with Gasteiger partial charge in [-0.15, -0.1) is 0 Å². The Morgan fingerprint density at radius 1 is 1.42 bits per heavy atom. The van der Waals surface area contributed by atoms with Gasteiger partial charge in [0.1, 0.15) is 0 Å². The smallest absolute Gasteiger partial charge is 0.423 e. The van der Waals surface area contributed by atoms with Gasteiger partial charge in [-0.1, -0.05) is 0 Å². The third-order valence-corrected chi connectivity index (χ3v) is 1.39. The first-order valence-electron chi connectivity index (χ1n) is 3.93. The van der Waals surface area contributed by atoms with Crippen LogP contribution in [0.15, 0.2) is 24.5 Å². The van der Waals surface area contributed by atoms with Crippen LogP contribution in [-0.4, -0.2) is 23.2 Å². The molecule has 1 aromatic heterocycles. The number of pyridine rings is 1. The van der Waals surface area contributed by atoms with Crippen LogP contribution in [0.4, 0.5) is 0 Å². The Hall–Kier alpha value is -0.865. The number of hydrogen-bond donors (Lipinski definition) is 1. The normalized spacial score (nSPS) is 10.3. The van der Waals surface area contributed by atoms with Gasteiger partial charge in [-0.2, -0.15) is 0 Å². The maximum Gasteiger partial charge on any atom is 0.491 e. The summed E-state index contributed by atoms with van der Waals surface area (Å²) in [6.45, 7) is 3.76. The number of aromatic nitrogens is 1. The van der Waals surface area contributed by atoms with Gasteiger partial charge < -0.3 is 9.68 Å². The molecule has 12 heavy (non-hydrogen) atoms. The molecule has 4 heteroatoms. The third-order valence-electron chi connectivity index (χ3n) is 1.39. The molecule has 1 aromatic rings. The average Bonchev–Trinajstić information content (AvgIpc) is 2.05. The Morgan fingerprint density at radius 3 is 2.50 bits per heavy atom. The first-order chi connectivity index (χ1) is 5.70. The maximum absolute atomic E-state index is 9.44. The van der Waals surface area contributed by atoms with Crippen molar-refractivity contribution in [1.29, 1.82) is 0 Å². The molecule has 0 spiro atoms. The molecule has 3 nitrogen and oxygen atoms in total. The van der Waals surface area contributed by atoms with Crippen LogP contribution in [0.25, 0.3) is 0 Å². The second kappa shape index (κ2) is 4.23. The Kier molecular flexibility index (Phi) is 3.25. The van der Waals surface area contributed by atoms with Crippen LogP contribution >= 0.6 is 0 Å². The summed E-state index contributed by atoms with van der Waals surface area (Å²) >= 11 is 0. The lowest BCUT2D eigenvalue weighted by atomic mass is 9.80. The molecule has 0 saturated carbocycles. The molecule has 0 aliphatic heterocycles. The van der Waals surface area contributed by atoms with Gasteiger partial charge in [0, 0.05) is 18.5 Å². The lowest BCUT2D eigenvalue weighted by Gasteiger charge is -2.10. The van der Waals surface area contributed by atoms with E-state index in [1.165, 1.54) is 0 Å². The van der Waals surface area contributed by atoms with E-state index in [0.29, 0.717) is 0 Å². The molecule has 64 valence electrons. The van der Waals surface area contributed by atoms with Crippen LogP contribution in [0.1, 0.15) is 13.8 Å². The van der Waals surface area contributed by atoms with Gasteiger partial charge >= 0.3 is 7.12 Å². The summed E-state index contributed by atoms with van der Waals surface area (Å²) in [6.07, 6.45) is 3.28. The zero-order valence-electron chi connectivity index (χ0n) is 7.27. The van der Waals surface area contributed by atoms with E-state index in [4.69, 9.17) is 4.65 Å². The zero-order valence-corrected chi connectivity index (χ0v) is 7.27. The van der Waals surface area contributed by atoms with Crippen molar-refractivity contribution in [1.82, 2.24) is 4.98 Å². The van der Waals surface area contributed by atoms with Gasteiger partial charge in [0.2, 0.25) is 0 Å². The molecule has 0 aromatic carbocycles. The lowest BCUT2D eigenvalue weighted by molar-refractivity contribution is 0.207. The molecule has 0 unspecified atom stereocenters. The van der Waals surface area contributed by atoms with Gasteiger partial charge in [-0.05, 0) is 31.4 Å². The van der Waals surface area contributed by atoms with Gasteiger partial charge in [-0.3, -0.25) is 4.98 Å². The predicted octanol–water partition coefficient (Wildman–Crippen LogP) is 0.194. The van der Waals surface area contributed by atoms with Crippen molar-refractivity contribution in [3.8, 4) is 0 Å². The molecular formula is C8H12BNO2. The van der Waals surface area contributed by atoms with Crippen LogP contribution in [0, 0.1) is 0 Å². The summed E-state index contributed by atoms with van der Waals surface area (Å²) in [7, 11) is -0.840. The summed E-state index contributed by atoms with van der Waals surface area (Å²) in [6, 6.07) is 3.46. The lowest BCUT2D eigenvalue weighted by Crippen LogP contribution is -2.35. The maximum atomic E-state index is 9.44. The fourth-order valence-corrected chi connectivity index (χ4v) is 0.864. The van der Waals surface area contributed by atoms with Gasteiger partial charge in [0.25, 0.3) is 0 Å². The van der Waals surface area contributed by atoms with Crippen molar-refractivity contribution < 1.29 is 9.68 Å². The van der Waals surface area contributed by atoms with E-state index < -0.39 is 7.12 Å². The first kappa shape index (κ1) is 9.22. The Bertz CT molecular complexity index is 228. The van der Waals surface area contributed by atoms with Crippen LogP contribution in [0.3, 0.4) is 0 Å². The van der Waals surface area contributed by atoms with Gasteiger partial charge in [0.15, 0.2) is 0 Å². The van der Waals surface area contributed by atoms with E-state index in [0.717, 1.165) is 5.46 Å². The molecule has 0 fully saturated rings. The molecule has 0 bridgehead atoms. The second-order valence-corrected chi connectivity index (χ2v) is 2.82. The quantitative estimate of drug-likeness (QED) is 0.650. The van der Waals surface area contributed by atoms with E-state index in [1.807, 2.05) is 13.8 Å². The van der Waals surface area contributed by atoms with Gasteiger partial charge in [-0.25, -0.2) is 0 Å². The molecular weight excluding hydrogens is 153 g/mol. The summed E-state index contributed by atoms with van der Waals surface area (Å²) in [5.41, 5.74) is 0.735. The first-order valence-corrected chi connectivity index (χ1v) is 3.93. The van der Waals surface area contributed by atoms with Crippen molar-refractivity contribution in [3.05, 3.63) is 24.5 Å². The molecule has 0 amide bonds. The number of hydrogen-bond acceptors (Lipinski definition) is 3. The third kappa shape index (κ3) is 2.64. The van der Waals surface area contributed by atoms with E-state index in [-0.39, 0.29) is 6.10 Å². The van der Waals surface area contributed by atoms with Crippen molar-refractivity contribution in [3.63, 3.8) is 0 Å². The number of rotatable bonds is 3. The largest absolute Gasteiger partial charge is 0.491 e. The summed E-state index contributed by atoms with van der Waals surface area (Å²) in [4.78, 5) is 3.84. The Morgan fingerprint density at radius 2 is 2.00 bits per heavy atom. The summed E-state index contributed by atoms with van der Waals surface area (Å²) in [5, 5.41) is 9.44. The molecule has 0 aliphatic rings. The van der Waals surface area contributed by atoms with E-state index in [1.54, 1.807) is 24.5 Å². The highest BCUT2D eigenvalue weighted by molar-refractivity contribution is 6.59. The molecule has 0 radical (unpaired) electrons. The molecule has 1 N–H and O–H groups in total. The van der Waals surface area contributed by atoms with E-state index >= 15 is 0 Å². The minimum absolute atomic E-state index is 0.0214. The molecule has 1 rings (SSSR count). The highest BCUT2D eigenvalue weighted by Crippen LogP contribution is 1.91. The minimum atomic E-state index is -0.840. The average molecular weight is 165 g/mol. The minimum Gasteiger partial charge on any atom is -0.423 e. The van der Waals surface area contributed by atoms with Gasteiger partial charge in [0.05, 0.1) is 0 Å². The monoisotopic (exact) mass is 165 g/mol. The predicted molar refractivity (Wildman–Crippen MR) is 48.1 cm³/mol. The highest BCUT2D eigenvalue weighted by Gasteiger charge is 2.16. The zero-order chi connectivity index (χ0) is 8.97. The van der Waals surface area contributed by atoms with E-state index in [2.05, 4.69) is 4.98 Å².